The van der Waals surface area contributed by atoms with E-state index in [4.69, 9.17) is 14.7 Å². The summed E-state index contributed by atoms with van der Waals surface area (Å²) in [6, 6.07) is 16.6. The fourth-order valence-electron chi connectivity index (χ4n) is 3.81. The van der Waals surface area contributed by atoms with E-state index in [0.29, 0.717) is 24.3 Å². The molecular weight excluding hydrogens is 340 g/mol. The molecule has 2 aliphatic rings. The fourth-order valence-corrected chi connectivity index (χ4v) is 3.81. The number of benzene rings is 2. The van der Waals surface area contributed by atoms with Crippen molar-refractivity contribution >= 4 is 5.78 Å². The van der Waals surface area contributed by atoms with Crippen molar-refractivity contribution in [2.24, 2.45) is 0 Å². The van der Waals surface area contributed by atoms with Crippen molar-refractivity contribution in [1.29, 1.82) is 5.26 Å². The van der Waals surface area contributed by atoms with Gasteiger partial charge in [0.05, 0.1) is 24.8 Å². The Morgan fingerprint density at radius 3 is 2.37 bits per heavy atom. The van der Waals surface area contributed by atoms with E-state index in [-0.39, 0.29) is 11.6 Å². The summed E-state index contributed by atoms with van der Waals surface area (Å²) in [5, 5.41) is 8.93. The van der Waals surface area contributed by atoms with Gasteiger partial charge in [0.25, 0.3) is 0 Å². The molecule has 2 saturated heterocycles. The van der Waals surface area contributed by atoms with Gasteiger partial charge in [0.15, 0.2) is 11.6 Å². The Labute approximate surface area is 159 Å². The number of likely N-dealkylation sites (tertiary alicyclic amines) is 1. The SMILES string of the molecule is N#Cc1ccc(C(=O)c2ccccc2CN2CCC3(CC2)OCCO3)cc1. The summed E-state index contributed by atoms with van der Waals surface area (Å²) in [5.41, 5.74) is 2.90. The second-order valence-corrected chi connectivity index (χ2v) is 7.06. The lowest BCUT2D eigenvalue weighted by molar-refractivity contribution is -0.185. The van der Waals surface area contributed by atoms with E-state index in [2.05, 4.69) is 11.0 Å². The number of hydrogen-bond acceptors (Lipinski definition) is 5. The number of ketones is 1. The van der Waals surface area contributed by atoms with Crippen molar-refractivity contribution in [2.75, 3.05) is 26.3 Å². The van der Waals surface area contributed by atoms with Gasteiger partial charge >= 0.3 is 0 Å². The van der Waals surface area contributed by atoms with Gasteiger partial charge in [0.1, 0.15) is 0 Å². The molecule has 2 fully saturated rings. The van der Waals surface area contributed by atoms with Gasteiger partial charge in [-0.25, -0.2) is 0 Å². The second kappa shape index (κ2) is 7.61. The van der Waals surface area contributed by atoms with Crippen molar-refractivity contribution in [3.63, 3.8) is 0 Å². The highest BCUT2D eigenvalue weighted by atomic mass is 16.7. The Hall–Kier alpha value is -2.52. The zero-order valence-electron chi connectivity index (χ0n) is 15.2. The van der Waals surface area contributed by atoms with E-state index in [0.717, 1.165) is 43.6 Å². The van der Waals surface area contributed by atoms with Crippen molar-refractivity contribution in [2.45, 2.75) is 25.2 Å². The molecule has 0 atom stereocenters. The second-order valence-electron chi connectivity index (χ2n) is 7.06. The van der Waals surface area contributed by atoms with Crippen LogP contribution in [0.3, 0.4) is 0 Å². The van der Waals surface area contributed by atoms with Crippen LogP contribution < -0.4 is 0 Å². The quantitative estimate of drug-likeness (QED) is 0.782. The van der Waals surface area contributed by atoms with Crippen molar-refractivity contribution in [3.05, 3.63) is 70.8 Å². The number of piperidine rings is 1. The minimum Gasteiger partial charge on any atom is -0.347 e. The Morgan fingerprint density at radius 2 is 1.70 bits per heavy atom. The molecule has 5 nitrogen and oxygen atoms in total. The average molecular weight is 362 g/mol. The first-order chi connectivity index (χ1) is 13.2. The molecule has 2 aromatic rings. The van der Waals surface area contributed by atoms with E-state index in [1.807, 2.05) is 24.3 Å². The van der Waals surface area contributed by atoms with E-state index >= 15 is 0 Å². The number of ether oxygens (including phenoxy) is 2. The zero-order valence-corrected chi connectivity index (χ0v) is 15.2. The largest absolute Gasteiger partial charge is 0.347 e. The first kappa shape index (κ1) is 17.9. The molecule has 0 N–H and O–H groups in total. The summed E-state index contributed by atoms with van der Waals surface area (Å²) < 4.78 is 11.6. The van der Waals surface area contributed by atoms with Crippen LogP contribution in [0.5, 0.6) is 0 Å². The van der Waals surface area contributed by atoms with E-state index in [9.17, 15) is 4.79 Å². The molecule has 0 unspecified atom stereocenters. The Kier molecular flexibility index (Phi) is 5.04. The average Bonchev–Trinajstić information content (AvgIpc) is 3.18. The van der Waals surface area contributed by atoms with Gasteiger partial charge in [0.2, 0.25) is 0 Å². The lowest BCUT2D eigenvalue weighted by Crippen LogP contribution is -2.44. The van der Waals surface area contributed by atoms with Crippen LogP contribution in [0, 0.1) is 11.3 Å². The normalized spacial score (nSPS) is 19.1. The van der Waals surface area contributed by atoms with Gasteiger partial charge < -0.3 is 9.47 Å². The van der Waals surface area contributed by atoms with Crippen LogP contribution in [0.15, 0.2) is 48.5 Å². The van der Waals surface area contributed by atoms with Crippen molar-refractivity contribution in [3.8, 4) is 6.07 Å². The molecule has 0 bridgehead atoms. The molecular formula is C22H22N2O3. The highest BCUT2D eigenvalue weighted by Crippen LogP contribution is 2.32. The van der Waals surface area contributed by atoms with E-state index < -0.39 is 0 Å². The zero-order chi connectivity index (χ0) is 18.7. The van der Waals surface area contributed by atoms with Crippen molar-refractivity contribution in [1.82, 2.24) is 4.90 Å². The summed E-state index contributed by atoms with van der Waals surface area (Å²) in [5.74, 6) is -0.389. The molecule has 4 rings (SSSR count). The molecule has 0 radical (unpaired) electrons. The third-order valence-electron chi connectivity index (χ3n) is 5.36. The van der Waals surface area contributed by atoms with Gasteiger partial charge in [-0.2, -0.15) is 5.26 Å². The molecule has 2 aromatic carbocycles. The minimum absolute atomic E-state index is 0.00831. The molecule has 0 aromatic heterocycles. The number of nitrogens with zero attached hydrogens (tertiary/aromatic N) is 2. The fraction of sp³-hybridized carbons (Fsp3) is 0.364. The van der Waals surface area contributed by atoms with E-state index in [1.165, 1.54) is 0 Å². The van der Waals surface area contributed by atoms with Crippen LogP contribution in [-0.2, 0) is 16.0 Å². The number of rotatable bonds is 4. The lowest BCUT2D eigenvalue weighted by Gasteiger charge is -2.37. The van der Waals surface area contributed by atoms with Gasteiger partial charge in [-0.15, -0.1) is 0 Å². The van der Waals surface area contributed by atoms with Gasteiger partial charge in [-0.3, -0.25) is 9.69 Å². The molecule has 2 aliphatic heterocycles. The molecule has 5 heteroatoms. The molecule has 0 saturated carbocycles. The lowest BCUT2D eigenvalue weighted by atomic mass is 9.96. The summed E-state index contributed by atoms with van der Waals surface area (Å²) in [7, 11) is 0. The standard InChI is InChI=1S/C22H22N2O3/c23-15-17-5-7-18(8-6-17)21(25)20-4-2-1-3-19(20)16-24-11-9-22(10-12-24)26-13-14-27-22/h1-8H,9-14,16H2. The third kappa shape index (κ3) is 3.79. The molecule has 0 aliphatic carbocycles. The van der Waals surface area contributed by atoms with Crippen LogP contribution in [0.2, 0.25) is 0 Å². The summed E-state index contributed by atoms with van der Waals surface area (Å²) in [6.45, 7) is 3.87. The summed E-state index contributed by atoms with van der Waals surface area (Å²) in [6.07, 6.45) is 1.72. The number of carbonyl (C=O) groups is 1. The van der Waals surface area contributed by atoms with Gasteiger partial charge in [-0.05, 0) is 29.8 Å². The van der Waals surface area contributed by atoms with Crippen molar-refractivity contribution < 1.29 is 14.3 Å². The maximum absolute atomic E-state index is 13.0. The maximum Gasteiger partial charge on any atom is 0.193 e. The van der Waals surface area contributed by atoms with Gasteiger partial charge in [0, 0.05) is 43.6 Å². The van der Waals surface area contributed by atoms with Gasteiger partial charge in [-0.1, -0.05) is 24.3 Å². The predicted molar refractivity (Wildman–Crippen MR) is 100 cm³/mol. The minimum atomic E-state index is -0.381. The van der Waals surface area contributed by atoms with Crippen LogP contribution >= 0.6 is 0 Å². The summed E-state index contributed by atoms with van der Waals surface area (Å²) in [4.78, 5) is 15.3. The Balaban J connectivity index is 1.48. The molecule has 2 heterocycles. The first-order valence-electron chi connectivity index (χ1n) is 9.32. The number of nitriles is 1. The smallest absolute Gasteiger partial charge is 0.193 e. The number of hydrogen-bond donors (Lipinski definition) is 0. The molecule has 0 amide bonds. The summed E-state index contributed by atoms with van der Waals surface area (Å²) >= 11 is 0. The Morgan fingerprint density at radius 1 is 1.04 bits per heavy atom. The monoisotopic (exact) mass is 362 g/mol. The third-order valence-corrected chi connectivity index (χ3v) is 5.36. The number of carbonyl (C=O) groups excluding carboxylic acids is 1. The highest BCUT2D eigenvalue weighted by Gasteiger charge is 2.39. The van der Waals surface area contributed by atoms with Crippen LogP contribution in [0.25, 0.3) is 0 Å². The van der Waals surface area contributed by atoms with E-state index in [1.54, 1.807) is 24.3 Å². The first-order valence-corrected chi connectivity index (χ1v) is 9.32. The molecule has 27 heavy (non-hydrogen) atoms. The molecule has 138 valence electrons. The molecule has 1 spiro atoms. The Bertz CT molecular complexity index is 854. The van der Waals surface area contributed by atoms with Crippen LogP contribution in [0.4, 0.5) is 0 Å². The van der Waals surface area contributed by atoms with Crippen LogP contribution in [-0.4, -0.2) is 42.8 Å². The predicted octanol–water partition coefficient (Wildman–Crippen LogP) is 3.13. The topological polar surface area (TPSA) is 62.6 Å². The van der Waals surface area contributed by atoms with Crippen LogP contribution in [0.1, 0.15) is 39.9 Å². The maximum atomic E-state index is 13.0. The highest BCUT2D eigenvalue weighted by molar-refractivity contribution is 6.09.